The van der Waals surface area contributed by atoms with E-state index < -0.39 is 22.4 Å². The van der Waals surface area contributed by atoms with Gasteiger partial charge in [-0.2, -0.15) is 0 Å². The molecule has 0 bridgehead atoms. The molecule has 1 heterocycles. The van der Waals surface area contributed by atoms with Gasteiger partial charge in [0.15, 0.2) is 0 Å². The first kappa shape index (κ1) is 43.0. The van der Waals surface area contributed by atoms with E-state index >= 15 is 0 Å². The molecule has 0 saturated carbocycles. The SMILES string of the molecule is CC(=O)CC(C)(C)CC(C)(C)C(=O)N(CCOC(C)C(C)COC(C)(C)CCC(=O)O)C1CCN(C(=O)C(C)(C)CC(C)(C)C)CC1. The Balaban J connectivity index is 3.03. The van der Waals surface area contributed by atoms with Gasteiger partial charge in [0.2, 0.25) is 11.8 Å². The number of aliphatic carboxylic acids is 1. The van der Waals surface area contributed by atoms with Crippen LogP contribution in [-0.2, 0) is 28.7 Å². The smallest absolute Gasteiger partial charge is 0.303 e. The minimum Gasteiger partial charge on any atom is -0.481 e. The number of carbonyl (C=O) groups excluding carboxylic acids is 3. The molecule has 1 aliphatic heterocycles. The topological polar surface area (TPSA) is 113 Å². The molecule has 2 atom stereocenters. The Kier molecular flexibility index (Phi) is 15.6. The zero-order chi connectivity index (χ0) is 36.6. The van der Waals surface area contributed by atoms with E-state index in [0.29, 0.717) is 65.0 Å². The largest absolute Gasteiger partial charge is 0.481 e. The summed E-state index contributed by atoms with van der Waals surface area (Å²) in [7, 11) is 0. The standard InChI is InChI=1S/C38H70N2O7/c1-27(24-47-38(13,14)18-15-31(42)43)29(3)46-22-21-40(33(45)37(11,12)26-35(7,8)23-28(2)41)30-16-19-39(20-17-30)32(44)36(9,10)25-34(4,5)6/h27,29-30H,15-26H2,1-14H3,(H,42,43). The molecule has 1 N–H and O–H groups in total. The molecule has 47 heavy (non-hydrogen) atoms. The molecule has 2 amide bonds. The highest BCUT2D eigenvalue weighted by Crippen LogP contribution is 2.39. The number of amides is 2. The Hall–Kier alpha value is -2.00. The molecule has 0 spiro atoms. The molecular formula is C38H70N2O7. The molecule has 0 aromatic carbocycles. The van der Waals surface area contributed by atoms with Crippen molar-refractivity contribution >= 4 is 23.6 Å². The van der Waals surface area contributed by atoms with Gasteiger partial charge >= 0.3 is 5.97 Å². The summed E-state index contributed by atoms with van der Waals surface area (Å²) in [6.45, 7) is 30.5. The van der Waals surface area contributed by atoms with Crippen LogP contribution in [0, 0.1) is 27.6 Å². The van der Waals surface area contributed by atoms with E-state index in [9.17, 15) is 19.2 Å². The lowest BCUT2D eigenvalue weighted by Crippen LogP contribution is -2.54. The zero-order valence-electron chi connectivity index (χ0n) is 32.5. The van der Waals surface area contributed by atoms with E-state index in [2.05, 4.69) is 41.5 Å². The average molecular weight is 667 g/mol. The van der Waals surface area contributed by atoms with Crippen molar-refractivity contribution < 1.29 is 33.8 Å². The third kappa shape index (κ3) is 15.4. The lowest BCUT2D eigenvalue weighted by atomic mass is 9.72. The number of piperidine rings is 1. The number of hydrogen-bond acceptors (Lipinski definition) is 6. The number of carboxylic acids is 1. The van der Waals surface area contributed by atoms with Crippen molar-refractivity contribution in [3.63, 3.8) is 0 Å². The van der Waals surface area contributed by atoms with Crippen molar-refractivity contribution in [3.05, 3.63) is 0 Å². The van der Waals surface area contributed by atoms with Gasteiger partial charge in [0.05, 0.1) is 24.9 Å². The fourth-order valence-electron chi connectivity index (χ4n) is 7.53. The minimum absolute atomic E-state index is 0.0119. The number of rotatable bonds is 19. The van der Waals surface area contributed by atoms with Crippen LogP contribution in [0.25, 0.3) is 0 Å². The summed E-state index contributed by atoms with van der Waals surface area (Å²) in [5.41, 5.74) is -1.96. The van der Waals surface area contributed by atoms with Crippen LogP contribution in [0.5, 0.6) is 0 Å². The third-order valence-electron chi connectivity index (χ3n) is 9.42. The van der Waals surface area contributed by atoms with Crippen LogP contribution in [0.2, 0.25) is 0 Å². The number of likely N-dealkylation sites (tertiary alicyclic amines) is 1. The maximum Gasteiger partial charge on any atom is 0.303 e. The van der Waals surface area contributed by atoms with Crippen molar-refractivity contribution in [1.82, 2.24) is 9.80 Å². The predicted octanol–water partition coefficient (Wildman–Crippen LogP) is 7.39. The molecule has 1 rings (SSSR count). The minimum atomic E-state index is -0.835. The highest BCUT2D eigenvalue weighted by molar-refractivity contribution is 5.83. The van der Waals surface area contributed by atoms with Crippen molar-refractivity contribution in [1.29, 1.82) is 0 Å². The maximum atomic E-state index is 14.3. The Bertz CT molecular complexity index is 1050. The van der Waals surface area contributed by atoms with Gasteiger partial charge in [-0.3, -0.25) is 14.4 Å². The predicted molar refractivity (Wildman–Crippen MR) is 188 cm³/mol. The van der Waals surface area contributed by atoms with Crippen LogP contribution in [0.3, 0.4) is 0 Å². The van der Waals surface area contributed by atoms with E-state index in [1.807, 2.05) is 58.3 Å². The van der Waals surface area contributed by atoms with Crippen molar-refractivity contribution in [2.75, 3.05) is 32.8 Å². The van der Waals surface area contributed by atoms with Crippen LogP contribution in [0.1, 0.15) is 142 Å². The number of ether oxygens (including phenoxy) is 2. The van der Waals surface area contributed by atoms with Gasteiger partial charge in [-0.15, -0.1) is 0 Å². The quantitative estimate of drug-likeness (QED) is 0.153. The van der Waals surface area contributed by atoms with Crippen LogP contribution in [0.4, 0.5) is 0 Å². The van der Waals surface area contributed by atoms with Crippen molar-refractivity contribution in [3.8, 4) is 0 Å². The second kappa shape index (κ2) is 17.1. The Labute approximate surface area is 286 Å². The van der Waals surface area contributed by atoms with Gasteiger partial charge in [-0.05, 0) is 70.6 Å². The lowest BCUT2D eigenvalue weighted by Gasteiger charge is -2.44. The van der Waals surface area contributed by atoms with Crippen LogP contribution < -0.4 is 0 Å². The van der Waals surface area contributed by atoms with E-state index in [1.165, 1.54) is 0 Å². The molecule has 9 heteroatoms. The van der Waals surface area contributed by atoms with Gasteiger partial charge in [0.1, 0.15) is 5.78 Å². The van der Waals surface area contributed by atoms with Gasteiger partial charge in [-0.25, -0.2) is 0 Å². The van der Waals surface area contributed by atoms with E-state index in [4.69, 9.17) is 14.6 Å². The molecular weight excluding hydrogens is 596 g/mol. The summed E-state index contributed by atoms with van der Waals surface area (Å²) in [6, 6.07) is -0.0119. The zero-order valence-corrected chi connectivity index (χ0v) is 32.5. The highest BCUT2D eigenvalue weighted by atomic mass is 16.5. The molecule has 2 unspecified atom stereocenters. The van der Waals surface area contributed by atoms with E-state index in [1.54, 1.807) is 6.92 Å². The molecule has 0 aliphatic carbocycles. The lowest BCUT2D eigenvalue weighted by molar-refractivity contribution is -0.150. The molecule has 1 aliphatic rings. The number of carboxylic acid groups (broad SMARTS) is 1. The van der Waals surface area contributed by atoms with Gasteiger partial charge < -0.3 is 29.2 Å². The fraction of sp³-hybridized carbons (Fsp3) is 0.895. The summed E-state index contributed by atoms with van der Waals surface area (Å²) in [5.74, 6) is -0.419. The first-order chi connectivity index (χ1) is 21.2. The van der Waals surface area contributed by atoms with Crippen molar-refractivity contribution in [2.24, 2.45) is 27.6 Å². The number of hydrogen-bond donors (Lipinski definition) is 1. The summed E-state index contributed by atoms with van der Waals surface area (Å²) in [5, 5.41) is 9.03. The van der Waals surface area contributed by atoms with Crippen LogP contribution in [0.15, 0.2) is 0 Å². The average Bonchev–Trinajstić information content (AvgIpc) is 2.89. The molecule has 0 radical (unpaired) electrons. The summed E-state index contributed by atoms with van der Waals surface area (Å²) in [4.78, 5) is 54.8. The van der Waals surface area contributed by atoms with Gasteiger partial charge in [0, 0.05) is 55.3 Å². The highest BCUT2D eigenvalue weighted by Gasteiger charge is 2.42. The summed E-state index contributed by atoms with van der Waals surface area (Å²) >= 11 is 0. The molecule has 0 aromatic heterocycles. The molecule has 0 aromatic rings. The number of carbonyl (C=O) groups is 4. The number of Topliss-reactive ketones (excluding diaryl/α,β-unsaturated/α-hetero) is 1. The Morgan fingerprint density at radius 2 is 1.43 bits per heavy atom. The molecule has 1 fully saturated rings. The van der Waals surface area contributed by atoms with E-state index in [-0.39, 0.29) is 52.9 Å². The van der Waals surface area contributed by atoms with Crippen LogP contribution >= 0.6 is 0 Å². The monoisotopic (exact) mass is 667 g/mol. The van der Waals surface area contributed by atoms with E-state index in [0.717, 1.165) is 6.42 Å². The number of ketones is 1. The second-order valence-electron chi connectivity index (χ2n) is 18.3. The van der Waals surface area contributed by atoms with Crippen LogP contribution in [-0.4, -0.2) is 89.1 Å². The molecule has 1 saturated heterocycles. The first-order valence-corrected chi connectivity index (χ1v) is 17.8. The summed E-state index contributed by atoms with van der Waals surface area (Å²) < 4.78 is 12.3. The fourth-order valence-corrected chi connectivity index (χ4v) is 7.53. The van der Waals surface area contributed by atoms with Gasteiger partial charge in [0.25, 0.3) is 0 Å². The normalized spacial score (nSPS) is 16.9. The van der Waals surface area contributed by atoms with Gasteiger partial charge in [-0.1, -0.05) is 69.2 Å². The first-order valence-electron chi connectivity index (χ1n) is 17.8. The number of nitrogens with zero attached hydrogens (tertiary/aromatic N) is 2. The third-order valence-corrected chi connectivity index (χ3v) is 9.42. The maximum absolute atomic E-state index is 14.3. The molecule has 274 valence electrons. The second-order valence-corrected chi connectivity index (χ2v) is 18.3. The van der Waals surface area contributed by atoms with Crippen molar-refractivity contribution in [2.45, 2.75) is 160 Å². The Morgan fingerprint density at radius 1 is 0.872 bits per heavy atom. The summed E-state index contributed by atoms with van der Waals surface area (Å²) in [6.07, 6.45) is 3.57. The Morgan fingerprint density at radius 3 is 1.91 bits per heavy atom. The molecule has 9 nitrogen and oxygen atoms in total.